The molecule has 0 spiro atoms. The standard InChI is InChI=1S/C36H58N2O6S/c1-7-26-30-20-24(40)14-17-36(30,6)29-15-18-35(5)27(12-13-28(35)31(29)32(26)41)22(2)16-19-37-33(42)38-45(43,44)25-10-8-23(9-11-25)34(3,4)21-39/h8-11,22,24,26-32,39-41H,7,12-21H2,1-6H3,(H2,37,38,42)/t22-,24-,26-,27-,28+,29+,30+,31+,32-,35-,36-/m1/s1. The zero-order valence-electron chi connectivity index (χ0n) is 28.3. The Bertz CT molecular complexity index is 1320. The highest BCUT2D eigenvalue weighted by Gasteiger charge is 2.64. The predicted molar refractivity (Wildman–Crippen MR) is 176 cm³/mol. The molecule has 4 aliphatic rings. The number of benzene rings is 1. The van der Waals surface area contributed by atoms with Crippen LogP contribution in [0.15, 0.2) is 29.2 Å². The van der Waals surface area contributed by atoms with Gasteiger partial charge in [-0.2, -0.15) is 0 Å². The molecular weight excluding hydrogens is 588 g/mol. The first-order valence-electron chi connectivity index (χ1n) is 17.5. The number of carbonyl (C=O) groups excluding carboxylic acids is 1. The van der Waals surface area contributed by atoms with Crippen LogP contribution in [0, 0.1) is 52.3 Å². The van der Waals surface area contributed by atoms with E-state index in [9.17, 15) is 28.5 Å². The van der Waals surface area contributed by atoms with Crippen molar-refractivity contribution in [2.45, 2.75) is 122 Å². The predicted octanol–water partition coefficient (Wildman–Crippen LogP) is 5.60. The normalized spacial score (nSPS) is 38.9. The zero-order valence-corrected chi connectivity index (χ0v) is 29.1. The molecule has 0 heterocycles. The zero-order chi connectivity index (χ0) is 32.9. The van der Waals surface area contributed by atoms with Gasteiger partial charge in [0, 0.05) is 12.0 Å². The number of sulfonamides is 1. The van der Waals surface area contributed by atoms with Gasteiger partial charge in [-0.25, -0.2) is 17.9 Å². The minimum Gasteiger partial charge on any atom is -0.395 e. The number of hydrogen-bond donors (Lipinski definition) is 5. The minimum atomic E-state index is -4.02. The largest absolute Gasteiger partial charge is 0.395 e. The van der Waals surface area contributed by atoms with Crippen molar-refractivity contribution in [3.8, 4) is 0 Å². The highest BCUT2D eigenvalue weighted by atomic mass is 32.2. The summed E-state index contributed by atoms with van der Waals surface area (Å²) in [4.78, 5) is 12.6. The van der Waals surface area contributed by atoms with Gasteiger partial charge in [0.2, 0.25) is 0 Å². The van der Waals surface area contributed by atoms with Gasteiger partial charge in [0.05, 0.1) is 23.7 Å². The number of fused-ring (bicyclic) bond motifs is 5. The molecule has 2 amide bonds. The van der Waals surface area contributed by atoms with E-state index in [1.165, 1.54) is 12.1 Å². The van der Waals surface area contributed by atoms with Gasteiger partial charge >= 0.3 is 6.03 Å². The fourth-order valence-corrected chi connectivity index (χ4v) is 11.9. The van der Waals surface area contributed by atoms with Crippen molar-refractivity contribution in [1.82, 2.24) is 10.0 Å². The van der Waals surface area contributed by atoms with Gasteiger partial charge in [0.25, 0.3) is 10.0 Å². The Morgan fingerprint density at radius 1 is 1.00 bits per heavy atom. The van der Waals surface area contributed by atoms with Crippen molar-refractivity contribution < 1.29 is 28.5 Å². The SMILES string of the molecule is CC[C@H]1[C@@H](O)[C@@H]2[C@H](CC[C@]3(C)[C@@H]([C@H](C)CCNC(=O)NS(=O)(=O)c4ccc(C(C)(C)CO)cc4)CC[C@@H]23)[C@@]2(C)CC[C@@H](O)C[C@@H]12. The fraction of sp³-hybridized carbons (Fsp3) is 0.806. The Kier molecular flexibility index (Phi) is 9.81. The quantitative estimate of drug-likeness (QED) is 0.237. The van der Waals surface area contributed by atoms with Gasteiger partial charge in [-0.15, -0.1) is 0 Å². The van der Waals surface area contributed by atoms with Gasteiger partial charge in [0.1, 0.15) is 0 Å². The number of aliphatic hydroxyl groups is 3. The van der Waals surface area contributed by atoms with Crippen molar-refractivity contribution in [2.24, 2.45) is 52.3 Å². The molecule has 4 saturated carbocycles. The van der Waals surface area contributed by atoms with Crippen LogP contribution >= 0.6 is 0 Å². The van der Waals surface area contributed by atoms with Crippen LogP contribution in [0.1, 0.15) is 105 Å². The molecule has 1 aromatic carbocycles. The van der Waals surface area contributed by atoms with Crippen molar-refractivity contribution in [3.63, 3.8) is 0 Å². The molecule has 0 aliphatic heterocycles. The Hall–Kier alpha value is -1.68. The molecule has 8 nitrogen and oxygen atoms in total. The third kappa shape index (κ3) is 6.20. The van der Waals surface area contributed by atoms with Gasteiger partial charge in [-0.1, -0.05) is 60.1 Å². The Morgan fingerprint density at radius 2 is 1.64 bits per heavy atom. The fourth-order valence-electron chi connectivity index (χ4n) is 10.9. The third-order valence-electron chi connectivity index (χ3n) is 13.6. The molecule has 0 aromatic heterocycles. The maximum Gasteiger partial charge on any atom is 0.328 e. The van der Waals surface area contributed by atoms with E-state index in [0.717, 1.165) is 63.4 Å². The van der Waals surface area contributed by atoms with E-state index in [0.29, 0.717) is 42.1 Å². The van der Waals surface area contributed by atoms with Gasteiger partial charge in [-0.3, -0.25) is 0 Å². The summed E-state index contributed by atoms with van der Waals surface area (Å²) in [5, 5.41) is 34.8. The van der Waals surface area contributed by atoms with E-state index < -0.39 is 21.5 Å². The number of amides is 2. The van der Waals surface area contributed by atoms with Crippen LogP contribution < -0.4 is 10.0 Å². The minimum absolute atomic E-state index is 0.00355. The molecule has 4 fully saturated rings. The molecule has 9 heteroatoms. The maximum atomic E-state index is 12.8. The van der Waals surface area contributed by atoms with E-state index >= 15 is 0 Å². The molecular formula is C36H58N2O6S. The molecule has 11 atom stereocenters. The van der Waals surface area contributed by atoms with Gasteiger partial charge in [-0.05, 0) is 121 Å². The van der Waals surface area contributed by atoms with Crippen LogP contribution in [-0.2, 0) is 15.4 Å². The smallest absolute Gasteiger partial charge is 0.328 e. The van der Waals surface area contributed by atoms with E-state index in [2.05, 4.69) is 37.7 Å². The lowest BCUT2D eigenvalue weighted by atomic mass is 9.41. The molecule has 0 radical (unpaired) electrons. The first-order valence-corrected chi connectivity index (χ1v) is 19.0. The summed E-state index contributed by atoms with van der Waals surface area (Å²) in [7, 11) is -4.02. The number of rotatable bonds is 9. The van der Waals surface area contributed by atoms with Crippen LogP contribution in [0.25, 0.3) is 0 Å². The molecule has 1 aromatic rings. The summed E-state index contributed by atoms with van der Waals surface area (Å²) >= 11 is 0. The van der Waals surface area contributed by atoms with Crippen molar-refractivity contribution in [2.75, 3.05) is 13.2 Å². The van der Waals surface area contributed by atoms with Crippen molar-refractivity contribution in [1.29, 1.82) is 0 Å². The lowest BCUT2D eigenvalue weighted by Crippen LogP contribution is -2.62. The highest BCUT2D eigenvalue weighted by molar-refractivity contribution is 7.90. The highest BCUT2D eigenvalue weighted by Crippen LogP contribution is 2.69. The summed E-state index contributed by atoms with van der Waals surface area (Å²) in [6.45, 7) is 13.5. The Balaban J connectivity index is 1.19. The van der Waals surface area contributed by atoms with Gasteiger partial charge < -0.3 is 20.6 Å². The second-order valence-electron chi connectivity index (χ2n) is 16.3. The second kappa shape index (κ2) is 12.7. The molecule has 4 aliphatic carbocycles. The third-order valence-corrected chi connectivity index (χ3v) is 15.0. The van der Waals surface area contributed by atoms with Crippen LogP contribution in [0.3, 0.4) is 0 Å². The van der Waals surface area contributed by atoms with Crippen LogP contribution in [0.4, 0.5) is 4.79 Å². The monoisotopic (exact) mass is 646 g/mol. The van der Waals surface area contributed by atoms with Crippen LogP contribution in [0.2, 0.25) is 0 Å². The first kappa shape index (κ1) is 34.6. The molecule has 5 N–H and O–H groups in total. The topological polar surface area (TPSA) is 136 Å². The summed E-state index contributed by atoms with van der Waals surface area (Å²) in [6, 6.07) is 5.52. The average Bonchev–Trinajstić information content (AvgIpc) is 3.35. The second-order valence-corrected chi connectivity index (χ2v) is 18.0. The number of carbonyl (C=O) groups is 1. The number of aliphatic hydroxyl groups excluding tert-OH is 3. The lowest BCUT2D eigenvalue weighted by Gasteiger charge is -2.64. The number of urea groups is 1. The van der Waals surface area contributed by atoms with E-state index in [4.69, 9.17) is 0 Å². The molecule has 0 saturated heterocycles. The molecule has 0 unspecified atom stereocenters. The average molecular weight is 647 g/mol. The molecule has 0 bridgehead atoms. The van der Waals surface area contributed by atoms with Crippen molar-refractivity contribution in [3.05, 3.63) is 29.8 Å². The molecule has 45 heavy (non-hydrogen) atoms. The number of nitrogens with one attached hydrogen (secondary N) is 2. The van der Waals surface area contributed by atoms with Crippen LogP contribution in [0.5, 0.6) is 0 Å². The van der Waals surface area contributed by atoms with Crippen LogP contribution in [-0.4, -0.2) is 55.1 Å². The lowest BCUT2D eigenvalue weighted by molar-refractivity contribution is -0.203. The van der Waals surface area contributed by atoms with E-state index in [1.807, 2.05) is 13.8 Å². The molecule has 5 rings (SSSR count). The summed E-state index contributed by atoms with van der Waals surface area (Å²) in [5.74, 6) is 2.77. The summed E-state index contributed by atoms with van der Waals surface area (Å²) in [6.07, 6.45) is 8.47. The Morgan fingerprint density at radius 3 is 2.29 bits per heavy atom. The maximum absolute atomic E-state index is 12.8. The Labute approximate surface area is 271 Å². The van der Waals surface area contributed by atoms with Gasteiger partial charge in [0.15, 0.2) is 0 Å². The van der Waals surface area contributed by atoms with E-state index in [1.54, 1.807) is 12.1 Å². The summed E-state index contributed by atoms with van der Waals surface area (Å²) < 4.78 is 27.8. The molecule has 254 valence electrons. The van der Waals surface area contributed by atoms with Crippen molar-refractivity contribution >= 4 is 16.1 Å². The summed E-state index contributed by atoms with van der Waals surface area (Å²) in [5.41, 5.74) is 0.646. The number of hydrogen-bond acceptors (Lipinski definition) is 6. The first-order chi connectivity index (χ1) is 21.1. The van der Waals surface area contributed by atoms with E-state index in [-0.39, 0.29) is 40.5 Å².